The lowest BCUT2D eigenvalue weighted by molar-refractivity contribution is -0.0180. The van der Waals surface area contributed by atoms with Crippen LogP contribution in [0.5, 0.6) is 0 Å². The van der Waals surface area contributed by atoms with Crippen LogP contribution in [-0.4, -0.2) is 94.2 Å². The first-order valence-corrected chi connectivity index (χ1v) is 14.8. The normalized spacial score (nSPS) is 12.6. The van der Waals surface area contributed by atoms with Crippen LogP contribution >= 0.6 is 0 Å². The van der Waals surface area contributed by atoms with Crippen molar-refractivity contribution in [3.63, 3.8) is 0 Å². The Morgan fingerprint density at radius 1 is 0.484 bits per heavy atom. The quantitative estimate of drug-likeness (QED) is 0.164. The molecule has 0 rings (SSSR count). The van der Waals surface area contributed by atoms with E-state index in [1.807, 2.05) is 0 Å². The summed E-state index contributed by atoms with van der Waals surface area (Å²) in [6.45, 7) is 21.3. The van der Waals surface area contributed by atoms with Gasteiger partial charge in [-0.15, -0.1) is 0 Å². The fourth-order valence-corrected chi connectivity index (χ4v) is 3.25. The first-order valence-electron chi connectivity index (χ1n) is 11.9. The van der Waals surface area contributed by atoms with Gasteiger partial charge in [-0.3, -0.25) is 0 Å². The second-order valence-electron chi connectivity index (χ2n) is 8.99. The number of hydrogen-bond donors (Lipinski definition) is 0. The van der Waals surface area contributed by atoms with Crippen molar-refractivity contribution in [3.8, 4) is 0 Å². The minimum absolute atomic E-state index is 0.234. The van der Waals surface area contributed by atoms with Crippen LogP contribution in [0.15, 0.2) is 0 Å². The molecule has 0 saturated carbocycles. The molecule has 188 valence electrons. The summed E-state index contributed by atoms with van der Waals surface area (Å²) >= 11 is 0. The summed E-state index contributed by atoms with van der Waals surface area (Å²) < 4.78 is 39.0. The highest BCUT2D eigenvalue weighted by Gasteiger charge is 2.36. The van der Waals surface area contributed by atoms with Crippen molar-refractivity contribution in [2.75, 3.05) is 85.9 Å². The average molecular weight is 467 g/mol. The standard InChI is InChI=1S/C23H50O7Si/c1-7-8-9-10-24-11-12-25-13-14-26-15-16-27-17-18-28-19-20-29-21-22-30-31(5,6)23(2,3)4/h7-22H2,1-6H3. The van der Waals surface area contributed by atoms with Crippen LogP contribution in [0, 0.1) is 0 Å². The van der Waals surface area contributed by atoms with E-state index in [9.17, 15) is 0 Å². The Kier molecular flexibility index (Phi) is 20.5. The largest absolute Gasteiger partial charge is 0.414 e. The Labute approximate surface area is 192 Å². The highest BCUT2D eigenvalue weighted by atomic mass is 28.4. The maximum Gasteiger partial charge on any atom is 0.192 e. The zero-order valence-corrected chi connectivity index (χ0v) is 22.2. The Morgan fingerprint density at radius 2 is 0.806 bits per heavy atom. The molecule has 0 radical (unpaired) electrons. The third kappa shape index (κ3) is 20.3. The van der Waals surface area contributed by atoms with Crippen molar-refractivity contribution < 1.29 is 32.8 Å². The second-order valence-corrected chi connectivity index (χ2v) is 13.8. The van der Waals surface area contributed by atoms with Gasteiger partial charge in [-0.05, 0) is 24.6 Å². The van der Waals surface area contributed by atoms with Crippen LogP contribution < -0.4 is 0 Å². The zero-order valence-electron chi connectivity index (χ0n) is 21.2. The Bertz CT molecular complexity index is 375. The molecule has 0 unspecified atom stereocenters. The molecule has 0 bridgehead atoms. The van der Waals surface area contributed by atoms with Crippen LogP contribution in [0.1, 0.15) is 47.0 Å². The topological polar surface area (TPSA) is 64.6 Å². The van der Waals surface area contributed by atoms with E-state index < -0.39 is 8.32 Å². The van der Waals surface area contributed by atoms with E-state index in [-0.39, 0.29) is 5.04 Å². The lowest BCUT2D eigenvalue weighted by atomic mass is 10.2. The van der Waals surface area contributed by atoms with E-state index >= 15 is 0 Å². The van der Waals surface area contributed by atoms with Gasteiger partial charge in [-0.2, -0.15) is 0 Å². The molecule has 8 heteroatoms. The lowest BCUT2D eigenvalue weighted by Crippen LogP contribution is -2.41. The fraction of sp³-hybridized carbons (Fsp3) is 1.00. The number of rotatable bonds is 23. The molecule has 0 aromatic rings. The Morgan fingerprint density at radius 3 is 1.13 bits per heavy atom. The van der Waals surface area contributed by atoms with Gasteiger partial charge in [0.15, 0.2) is 8.32 Å². The van der Waals surface area contributed by atoms with Crippen molar-refractivity contribution in [2.24, 2.45) is 0 Å². The fourth-order valence-electron chi connectivity index (χ4n) is 2.23. The molecule has 0 spiro atoms. The Balaban J connectivity index is 3.16. The molecular formula is C23H50O7Si. The number of unbranched alkanes of at least 4 members (excludes halogenated alkanes) is 2. The van der Waals surface area contributed by atoms with E-state index in [2.05, 4.69) is 40.8 Å². The summed E-state index contributed by atoms with van der Waals surface area (Å²) in [5.41, 5.74) is 0. The van der Waals surface area contributed by atoms with E-state index in [0.717, 1.165) is 13.0 Å². The Hall–Kier alpha value is -0.0631. The van der Waals surface area contributed by atoms with Gasteiger partial charge in [-0.1, -0.05) is 40.5 Å². The molecule has 0 aromatic heterocycles. The predicted octanol–water partition coefficient (Wildman–Crippen LogP) is 4.30. The maximum absolute atomic E-state index is 6.06. The van der Waals surface area contributed by atoms with Gasteiger partial charge in [0.25, 0.3) is 0 Å². The number of ether oxygens (including phenoxy) is 6. The summed E-state index contributed by atoms with van der Waals surface area (Å²) in [6, 6.07) is 0. The van der Waals surface area contributed by atoms with Gasteiger partial charge in [-0.25, -0.2) is 0 Å². The second kappa shape index (κ2) is 20.5. The highest BCUT2D eigenvalue weighted by Crippen LogP contribution is 2.36. The molecule has 0 aliphatic rings. The predicted molar refractivity (Wildman–Crippen MR) is 128 cm³/mol. The van der Waals surface area contributed by atoms with Crippen molar-refractivity contribution in [1.29, 1.82) is 0 Å². The van der Waals surface area contributed by atoms with Gasteiger partial charge in [0, 0.05) is 6.61 Å². The van der Waals surface area contributed by atoms with Crippen molar-refractivity contribution in [3.05, 3.63) is 0 Å². The van der Waals surface area contributed by atoms with Crippen LogP contribution in [0.4, 0.5) is 0 Å². The maximum atomic E-state index is 6.06. The van der Waals surface area contributed by atoms with Crippen LogP contribution in [0.3, 0.4) is 0 Å². The molecule has 31 heavy (non-hydrogen) atoms. The van der Waals surface area contributed by atoms with E-state index in [1.165, 1.54) is 12.8 Å². The van der Waals surface area contributed by atoms with Crippen molar-refractivity contribution >= 4 is 8.32 Å². The van der Waals surface area contributed by atoms with Crippen molar-refractivity contribution in [1.82, 2.24) is 0 Å². The zero-order chi connectivity index (χ0) is 23.3. The summed E-state index contributed by atoms with van der Waals surface area (Å²) in [7, 11) is -1.67. The minimum atomic E-state index is -1.67. The molecule has 0 aliphatic carbocycles. The van der Waals surface area contributed by atoms with E-state index in [4.69, 9.17) is 32.8 Å². The van der Waals surface area contributed by atoms with E-state index in [1.54, 1.807) is 0 Å². The first-order chi connectivity index (χ1) is 14.8. The smallest absolute Gasteiger partial charge is 0.192 e. The highest BCUT2D eigenvalue weighted by molar-refractivity contribution is 6.74. The average Bonchev–Trinajstić information content (AvgIpc) is 2.71. The first kappa shape index (κ1) is 30.9. The van der Waals surface area contributed by atoms with Gasteiger partial charge in [0.1, 0.15) is 0 Å². The van der Waals surface area contributed by atoms with E-state index in [0.29, 0.717) is 79.3 Å². The van der Waals surface area contributed by atoms with Gasteiger partial charge in [0.2, 0.25) is 0 Å². The van der Waals surface area contributed by atoms with Crippen LogP contribution in [0.2, 0.25) is 18.1 Å². The van der Waals surface area contributed by atoms with Gasteiger partial charge < -0.3 is 32.8 Å². The van der Waals surface area contributed by atoms with Crippen molar-refractivity contribution in [2.45, 2.75) is 65.1 Å². The molecule has 0 heterocycles. The van der Waals surface area contributed by atoms with Crippen LogP contribution in [0.25, 0.3) is 0 Å². The molecule has 0 saturated heterocycles. The molecule has 0 fully saturated rings. The monoisotopic (exact) mass is 466 g/mol. The number of hydrogen-bond acceptors (Lipinski definition) is 7. The molecule has 0 amide bonds. The van der Waals surface area contributed by atoms with Crippen LogP contribution in [-0.2, 0) is 32.8 Å². The molecule has 0 aliphatic heterocycles. The third-order valence-electron chi connectivity index (χ3n) is 5.25. The summed E-state index contributed by atoms with van der Waals surface area (Å²) in [6.07, 6.45) is 3.58. The minimum Gasteiger partial charge on any atom is -0.414 e. The summed E-state index contributed by atoms with van der Waals surface area (Å²) in [5, 5.41) is 0.234. The molecule has 0 atom stereocenters. The molecule has 7 nitrogen and oxygen atoms in total. The summed E-state index contributed by atoms with van der Waals surface area (Å²) in [5.74, 6) is 0. The summed E-state index contributed by atoms with van der Waals surface area (Å²) in [4.78, 5) is 0. The molecule has 0 aromatic carbocycles. The third-order valence-corrected chi connectivity index (χ3v) is 9.79. The molecular weight excluding hydrogens is 416 g/mol. The SMILES string of the molecule is CCCCCOCCOCCOCCOCCOCCOCCO[Si](C)(C)C(C)(C)C. The van der Waals surface area contributed by atoms with Gasteiger partial charge in [0.05, 0.1) is 79.3 Å². The lowest BCUT2D eigenvalue weighted by Gasteiger charge is -2.36. The van der Waals surface area contributed by atoms with Gasteiger partial charge >= 0.3 is 0 Å². The molecule has 0 N–H and O–H groups in total.